The summed E-state index contributed by atoms with van der Waals surface area (Å²) in [7, 11) is 1.60. The Bertz CT molecular complexity index is 1640. The molecule has 2 aliphatic rings. The Morgan fingerprint density at radius 3 is 2.41 bits per heavy atom. The quantitative estimate of drug-likeness (QED) is 0.248. The van der Waals surface area contributed by atoms with Gasteiger partial charge in [0.05, 0.1) is 26.8 Å². The lowest BCUT2D eigenvalue weighted by molar-refractivity contribution is -0.158. The third-order valence-electron chi connectivity index (χ3n) is 8.68. The lowest BCUT2D eigenvalue weighted by atomic mass is 9.99. The molecule has 2 atom stereocenters. The Morgan fingerprint density at radius 1 is 1.04 bits per heavy atom. The smallest absolute Gasteiger partial charge is 0.332 e. The molecule has 5 rings (SSSR count). The van der Waals surface area contributed by atoms with Crippen molar-refractivity contribution in [3.8, 4) is 11.5 Å². The average molecular weight is 668 g/mol. The molecule has 49 heavy (non-hydrogen) atoms. The minimum absolute atomic E-state index is 0.0387. The zero-order chi connectivity index (χ0) is 34.9. The molecule has 0 bridgehead atoms. The van der Waals surface area contributed by atoms with Crippen molar-refractivity contribution in [3.63, 3.8) is 0 Å². The first-order chi connectivity index (χ1) is 23.7. The number of nitrogens with zero attached hydrogens (tertiary/aromatic N) is 4. The summed E-state index contributed by atoms with van der Waals surface area (Å²) >= 11 is 0. The number of rotatable bonds is 14. The van der Waals surface area contributed by atoms with E-state index in [1.807, 2.05) is 86.7 Å². The minimum Gasteiger partial charge on any atom is -0.497 e. The molecule has 2 fully saturated rings. The number of allylic oxidation sites excluding steroid dienone is 2. The van der Waals surface area contributed by atoms with E-state index in [-0.39, 0.29) is 56.6 Å². The molecule has 4 amide bonds. The van der Waals surface area contributed by atoms with Gasteiger partial charge in [0.2, 0.25) is 11.8 Å². The maximum atomic E-state index is 14.3. The van der Waals surface area contributed by atoms with E-state index in [9.17, 15) is 14.4 Å². The number of hydrogen-bond acceptors (Lipinski definition) is 7. The number of carbonyl (C=O) groups is 3. The van der Waals surface area contributed by atoms with Gasteiger partial charge >= 0.3 is 6.03 Å². The molecule has 258 valence electrons. The number of aliphatic hydroxyl groups excluding tert-OH is 1. The van der Waals surface area contributed by atoms with Crippen LogP contribution in [0, 0.1) is 0 Å². The van der Waals surface area contributed by atoms with Crippen molar-refractivity contribution < 1.29 is 29.0 Å². The van der Waals surface area contributed by atoms with Crippen LogP contribution < -0.4 is 14.8 Å². The first-order valence-electron chi connectivity index (χ1n) is 16.5. The Hall–Kier alpha value is -5.13. The second-order valence-corrected chi connectivity index (χ2v) is 12.3. The number of ether oxygens (including phenoxy) is 2. The molecule has 2 aliphatic heterocycles. The van der Waals surface area contributed by atoms with Crippen molar-refractivity contribution in [2.45, 2.75) is 51.6 Å². The fourth-order valence-corrected chi connectivity index (χ4v) is 6.34. The van der Waals surface area contributed by atoms with E-state index in [2.05, 4.69) is 11.9 Å². The summed E-state index contributed by atoms with van der Waals surface area (Å²) in [6.45, 7) is 8.50. The Labute approximate surface area is 288 Å². The Kier molecular flexibility index (Phi) is 11.7. The molecular formula is C38H45N5O6. The molecule has 2 heterocycles. The molecule has 0 aromatic heterocycles. The van der Waals surface area contributed by atoms with Crippen LogP contribution in [0.4, 0.5) is 4.79 Å². The summed E-state index contributed by atoms with van der Waals surface area (Å²) in [5.74, 6) is 0.961. The van der Waals surface area contributed by atoms with Gasteiger partial charge in [0.25, 0.3) is 0 Å². The van der Waals surface area contributed by atoms with Crippen LogP contribution in [-0.4, -0.2) is 94.4 Å². The summed E-state index contributed by atoms with van der Waals surface area (Å²) in [6, 6.07) is 21.3. The van der Waals surface area contributed by atoms with Gasteiger partial charge in [0.1, 0.15) is 30.3 Å². The molecule has 11 nitrogen and oxygen atoms in total. The van der Waals surface area contributed by atoms with E-state index in [0.717, 1.165) is 28.0 Å². The number of urea groups is 1. The highest BCUT2D eigenvalue weighted by Gasteiger charge is 2.52. The summed E-state index contributed by atoms with van der Waals surface area (Å²) in [4.78, 5) is 45.4. The van der Waals surface area contributed by atoms with E-state index in [1.165, 1.54) is 0 Å². The minimum atomic E-state index is -0.785. The molecule has 2 N–H and O–H groups in total. The number of aliphatic hydroxyl groups is 1. The van der Waals surface area contributed by atoms with Crippen molar-refractivity contribution in [2.24, 2.45) is 0 Å². The number of benzene rings is 3. The van der Waals surface area contributed by atoms with E-state index in [1.54, 1.807) is 45.1 Å². The fraction of sp³-hybridized carbons (Fsp3) is 0.342. The van der Waals surface area contributed by atoms with Crippen molar-refractivity contribution >= 4 is 23.9 Å². The topological polar surface area (TPSA) is 115 Å². The lowest BCUT2D eigenvalue weighted by Gasteiger charge is -2.47. The molecule has 2 saturated heterocycles. The molecular weight excluding hydrogens is 622 g/mol. The predicted molar refractivity (Wildman–Crippen MR) is 187 cm³/mol. The van der Waals surface area contributed by atoms with Gasteiger partial charge in [0, 0.05) is 25.6 Å². The number of hydrogen-bond donors (Lipinski definition) is 2. The Morgan fingerprint density at radius 2 is 1.73 bits per heavy atom. The average Bonchev–Trinajstić information content (AvgIpc) is 3.42. The molecule has 0 radical (unpaired) electrons. The zero-order valence-corrected chi connectivity index (χ0v) is 28.3. The molecule has 0 saturated carbocycles. The summed E-state index contributed by atoms with van der Waals surface area (Å²) < 4.78 is 10.8. The van der Waals surface area contributed by atoms with Crippen molar-refractivity contribution in [3.05, 3.63) is 114 Å². The molecule has 0 unspecified atom stereocenters. The van der Waals surface area contributed by atoms with Gasteiger partial charge in [-0.05, 0) is 60.4 Å². The summed E-state index contributed by atoms with van der Waals surface area (Å²) in [5, 5.41) is 15.5. The second-order valence-electron chi connectivity index (χ2n) is 12.3. The zero-order valence-electron chi connectivity index (χ0n) is 28.3. The second kappa shape index (κ2) is 16.3. The van der Waals surface area contributed by atoms with Gasteiger partial charge in [-0.1, -0.05) is 73.3 Å². The highest BCUT2D eigenvalue weighted by Crippen LogP contribution is 2.31. The molecule has 3 aromatic rings. The van der Waals surface area contributed by atoms with Crippen LogP contribution in [0.25, 0.3) is 6.08 Å². The van der Waals surface area contributed by atoms with Crippen LogP contribution >= 0.6 is 0 Å². The molecule has 0 aliphatic carbocycles. The first-order valence-corrected chi connectivity index (χ1v) is 16.5. The lowest BCUT2D eigenvalue weighted by Crippen LogP contribution is -2.66. The van der Waals surface area contributed by atoms with E-state index >= 15 is 0 Å². The van der Waals surface area contributed by atoms with Gasteiger partial charge in [0.15, 0.2) is 0 Å². The predicted octanol–water partition coefficient (Wildman–Crippen LogP) is 4.22. The van der Waals surface area contributed by atoms with Gasteiger partial charge in [-0.25, -0.2) is 4.79 Å². The van der Waals surface area contributed by atoms with Crippen molar-refractivity contribution in [1.29, 1.82) is 0 Å². The SMILES string of the molecule is C=C/C=C\c1ccccc1CN1C[C@H]2N(C(=O)CN2N(C(=O)NCc2ccc(OC)cc2)C(C)C)[C@@H](Cc2ccc(OCCO)cc2)C1=O. The van der Waals surface area contributed by atoms with Gasteiger partial charge < -0.3 is 29.7 Å². The number of methoxy groups -OCH3 is 1. The Balaban J connectivity index is 1.44. The standard InChI is InChI=1S/C38H45N5O6/c1-5-6-9-30-10-7-8-11-31(30)24-40-25-35-41(43(27(2)3)38(47)39-23-29-14-16-32(48-4)17-15-29)26-36(45)42(35)34(37(40)46)22-28-12-18-33(19-13-28)49-21-20-44/h5-19,27,34-35,44H,1,20-26H2,2-4H3,(H,39,47)/b9-6-/t34-,35+/m0/s1. The largest absolute Gasteiger partial charge is 0.497 e. The number of fused-ring (bicyclic) bond motifs is 1. The number of amides is 4. The number of hydrazine groups is 1. The van der Waals surface area contributed by atoms with Crippen LogP contribution in [0.3, 0.4) is 0 Å². The van der Waals surface area contributed by atoms with Crippen LogP contribution in [-0.2, 0) is 29.1 Å². The summed E-state index contributed by atoms with van der Waals surface area (Å²) in [6.07, 6.45) is 5.25. The van der Waals surface area contributed by atoms with E-state index < -0.39 is 12.2 Å². The number of carbonyl (C=O) groups excluding carboxylic acids is 3. The van der Waals surface area contributed by atoms with Crippen molar-refractivity contribution in [1.82, 2.24) is 25.1 Å². The van der Waals surface area contributed by atoms with Crippen molar-refractivity contribution in [2.75, 3.05) is 33.4 Å². The van der Waals surface area contributed by atoms with E-state index in [0.29, 0.717) is 18.8 Å². The van der Waals surface area contributed by atoms with Gasteiger partial charge in [-0.3, -0.25) is 14.6 Å². The number of piperazine rings is 1. The fourth-order valence-electron chi connectivity index (χ4n) is 6.34. The monoisotopic (exact) mass is 667 g/mol. The highest BCUT2D eigenvalue weighted by atomic mass is 16.5. The maximum absolute atomic E-state index is 14.3. The van der Waals surface area contributed by atoms with Gasteiger partial charge in [-0.2, -0.15) is 5.01 Å². The maximum Gasteiger partial charge on any atom is 0.332 e. The van der Waals surface area contributed by atoms with Crippen LogP contribution in [0.1, 0.15) is 36.1 Å². The molecule has 11 heteroatoms. The normalized spacial score (nSPS) is 17.8. The van der Waals surface area contributed by atoms with Gasteiger partial charge in [-0.15, -0.1) is 0 Å². The highest BCUT2D eigenvalue weighted by molar-refractivity contribution is 5.92. The molecule has 3 aromatic carbocycles. The molecule has 0 spiro atoms. The van der Waals surface area contributed by atoms with Crippen LogP contribution in [0.2, 0.25) is 0 Å². The number of nitrogens with one attached hydrogen (secondary N) is 1. The first kappa shape index (κ1) is 35.2. The third-order valence-corrected chi connectivity index (χ3v) is 8.68. The van der Waals surface area contributed by atoms with Crippen LogP contribution in [0.15, 0.2) is 91.5 Å². The van der Waals surface area contributed by atoms with E-state index in [4.69, 9.17) is 14.6 Å². The van der Waals surface area contributed by atoms with Crippen LogP contribution in [0.5, 0.6) is 11.5 Å². The third kappa shape index (κ3) is 8.30. The summed E-state index contributed by atoms with van der Waals surface area (Å²) in [5.41, 5.74) is 3.69.